The van der Waals surface area contributed by atoms with E-state index in [-0.39, 0.29) is 18.7 Å². The molecule has 0 aromatic heterocycles. The first-order chi connectivity index (χ1) is 20.3. The van der Waals surface area contributed by atoms with Gasteiger partial charge in [0.1, 0.15) is 0 Å². The van der Waals surface area contributed by atoms with Crippen LogP contribution in [0.4, 0.5) is 32.0 Å². The number of morpholine rings is 1. The van der Waals surface area contributed by atoms with Crippen LogP contribution in [0.3, 0.4) is 0 Å². The second kappa shape index (κ2) is 13.8. The van der Waals surface area contributed by atoms with Crippen molar-refractivity contribution in [2.75, 3.05) is 78.5 Å². The summed E-state index contributed by atoms with van der Waals surface area (Å²) in [7, 11) is 3.42. The number of benzene rings is 2. The summed E-state index contributed by atoms with van der Waals surface area (Å²) in [5.74, 6) is -0.849. The van der Waals surface area contributed by atoms with Crippen LogP contribution in [0.25, 0.3) is 0 Å². The number of nitrogens with zero attached hydrogens (tertiary/aromatic N) is 3. The van der Waals surface area contributed by atoms with Crippen molar-refractivity contribution >= 4 is 11.6 Å². The maximum Gasteiger partial charge on any atom is 0.416 e. The zero-order valence-corrected chi connectivity index (χ0v) is 24.5. The molecule has 2 aromatic carbocycles. The summed E-state index contributed by atoms with van der Waals surface area (Å²) in [5.41, 5.74) is -0.821. The van der Waals surface area contributed by atoms with Crippen LogP contribution in [0.2, 0.25) is 0 Å². The first-order valence-electron chi connectivity index (χ1n) is 14.2. The van der Waals surface area contributed by atoms with Gasteiger partial charge in [0.25, 0.3) is 5.91 Å². The number of aryl methyl sites for hydroxylation is 1. The third-order valence-electron chi connectivity index (χ3n) is 8.01. The van der Waals surface area contributed by atoms with E-state index >= 15 is 0 Å². The van der Waals surface area contributed by atoms with Crippen LogP contribution in [0, 0.1) is 6.92 Å². The number of rotatable bonds is 9. The molecule has 0 unspecified atom stereocenters. The molecule has 1 N–H and O–H groups in total. The molecule has 0 aliphatic carbocycles. The average molecular weight is 617 g/mol. The van der Waals surface area contributed by atoms with Crippen LogP contribution in [-0.2, 0) is 28.2 Å². The lowest BCUT2D eigenvalue weighted by Gasteiger charge is -2.43. The number of carbonyl (C=O) groups is 1. The van der Waals surface area contributed by atoms with Crippen molar-refractivity contribution in [3.8, 4) is 0 Å². The van der Waals surface area contributed by atoms with Crippen LogP contribution >= 0.6 is 0 Å². The predicted octanol–water partition coefficient (Wildman–Crippen LogP) is 4.79. The Bertz CT molecular complexity index is 1220. The Hall–Kier alpha value is -2.87. The molecule has 2 aliphatic rings. The van der Waals surface area contributed by atoms with Crippen LogP contribution < -0.4 is 5.32 Å². The number of hydrogen-bond acceptors (Lipinski definition) is 6. The number of alkyl halides is 6. The molecule has 7 nitrogen and oxygen atoms in total. The fourth-order valence-electron chi connectivity index (χ4n) is 5.70. The molecular weight excluding hydrogens is 578 g/mol. The number of amides is 1. The highest BCUT2D eigenvalue weighted by Crippen LogP contribution is 2.37. The van der Waals surface area contributed by atoms with Crippen molar-refractivity contribution in [2.45, 2.75) is 37.8 Å². The standard InChI is InChI=1S/C30H38F6N4O3/c1-20-4-5-21(13-27(20)37-2)12-25-17-38(6-7-39-10-11-43-26(18-39)19-42-3)8-9-40(25)28(41)22-14-23(29(31,32)33)16-24(15-22)30(34,35)36/h4-5,13-16,25-26,37H,6-12,17-19H2,1-3H3/t25-,26+/m1/s1. The van der Waals surface area contributed by atoms with Gasteiger partial charge in [0.2, 0.25) is 0 Å². The number of hydrogen-bond donors (Lipinski definition) is 1. The highest BCUT2D eigenvalue weighted by Gasteiger charge is 2.39. The largest absolute Gasteiger partial charge is 0.416 e. The van der Waals surface area contributed by atoms with E-state index in [1.807, 2.05) is 25.1 Å². The number of carbonyl (C=O) groups excluding carboxylic acids is 1. The van der Waals surface area contributed by atoms with Gasteiger partial charge in [-0.05, 0) is 48.7 Å². The van der Waals surface area contributed by atoms with Crippen molar-refractivity contribution in [3.05, 3.63) is 64.2 Å². The van der Waals surface area contributed by atoms with E-state index in [4.69, 9.17) is 9.47 Å². The normalized spacial score (nSPS) is 20.8. The molecule has 2 aliphatic heterocycles. The summed E-state index contributed by atoms with van der Waals surface area (Å²) >= 11 is 0. The van der Waals surface area contributed by atoms with Gasteiger partial charge in [-0.3, -0.25) is 14.6 Å². The van der Waals surface area contributed by atoms with Gasteiger partial charge in [0.05, 0.1) is 30.4 Å². The van der Waals surface area contributed by atoms with Gasteiger partial charge >= 0.3 is 12.4 Å². The summed E-state index contributed by atoms with van der Waals surface area (Å²) < 4.78 is 92.2. The smallest absolute Gasteiger partial charge is 0.388 e. The van der Waals surface area contributed by atoms with E-state index in [0.717, 1.165) is 36.4 Å². The number of piperazine rings is 1. The van der Waals surface area contributed by atoms with Crippen LogP contribution in [0.15, 0.2) is 36.4 Å². The van der Waals surface area contributed by atoms with E-state index < -0.39 is 41.0 Å². The van der Waals surface area contributed by atoms with Crippen molar-refractivity contribution in [2.24, 2.45) is 0 Å². The van der Waals surface area contributed by atoms with E-state index in [1.54, 1.807) is 14.2 Å². The summed E-state index contributed by atoms with van der Waals surface area (Å²) in [5, 5.41) is 3.12. The highest BCUT2D eigenvalue weighted by molar-refractivity contribution is 5.95. The lowest BCUT2D eigenvalue weighted by atomic mass is 9.98. The molecule has 1 amide bonds. The van der Waals surface area contributed by atoms with E-state index in [2.05, 4.69) is 15.1 Å². The van der Waals surface area contributed by atoms with E-state index in [0.29, 0.717) is 51.4 Å². The Morgan fingerprint density at radius 1 is 0.953 bits per heavy atom. The van der Waals surface area contributed by atoms with Crippen LogP contribution in [0.1, 0.15) is 32.6 Å². The maximum atomic E-state index is 13.7. The predicted molar refractivity (Wildman–Crippen MR) is 150 cm³/mol. The van der Waals surface area contributed by atoms with Crippen molar-refractivity contribution in [1.82, 2.24) is 14.7 Å². The molecule has 2 fully saturated rings. The molecule has 2 aromatic rings. The summed E-state index contributed by atoms with van der Waals surface area (Å²) in [6, 6.07) is 6.41. The summed E-state index contributed by atoms with van der Waals surface area (Å²) in [6.07, 6.45) is -9.71. The van der Waals surface area contributed by atoms with Crippen LogP contribution in [-0.4, -0.2) is 106 Å². The molecule has 0 bridgehead atoms. The number of anilines is 1. The fourth-order valence-corrected chi connectivity index (χ4v) is 5.70. The minimum atomic E-state index is -5.04. The molecule has 43 heavy (non-hydrogen) atoms. The molecule has 2 heterocycles. The van der Waals surface area contributed by atoms with E-state index in [1.165, 1.54) is 4.90 Å². The number of nitrogens with one attached hydrogen (secondary N) is 1. The Morgan fingerprint density at radius 3 is 2.21 bits per heavy atom. The van der Waals surface area contributed by atoms with Gasteiger partial charge in [-0.25, -0.2) is 0 Å². The average Bonchev–Trinajstić information content (AvgIpc) is 2.96. The lowest BCUT2D eigenvalue weighted by Crippen LogP contribution is -2.57. The minimum Gasteiger partial charge on any atom is -0.388 e. The Labute approximate surface area is 247 Å². The number of ether oxygens (including phenoxy) is 2. The molecule has 13 heteroatoms. The number of halogens is 6. The van der Waals surface area contributed by atoms with Crippen molar-refractivity contribution < 1.29 is 40.6 Å². The third kappa shape index (κ3) is 8.62. The van der Waals surface area contributed by atoms with Crippen molar-refractivity contribution in [1.29, 1.82) is 0 Å². The van der Waals surface area contributed by atoms with Gasteiger partial charge < -0.3 is 19.7 Å². The minimum absolute atomic E-state index is 0.0158. The quantitative estimate of drug-likeness (QED) is 0.409. The topological polar surface area (TPSA) is 57.3 Å². The van der Waals surface area contributed by atoms with Crippen molar-refractivity contribution in [3.63, 3.8) is 0 Å². The molecule has 2 saturated heterocycles. The molecular formula is C30H38F6N4O3. The van der Waals surface area contributed by atoms with Gasteiger partial charge in [0.15, 0.2) is 0 Å². The zero-order chi connectivity index (χ0) is 31.4. The molecule has 238 valence electrons. The van der Waals surface area contributed by atoms with E-state index in [9.17, 15) is 31.1 Å². The van der Waals surface area contributed by atoms with Crippen LogP contribution in [0.5, 0.6) is 0 Å². The van der Waals surface area contributed by atoms with Gasteiger partial charge in [-0.1, -0.05) is 12.1 Å². The second-order valence-corrected chi connectivity index (χ2v) is 11.1. The molecule has 4 rings (SSSR count). The maximum absolute atomic E-state index is 13.7. The monoisotopic (exact) mass is 616 g/mol. The fraction of sp³-hybridized carbons (Fsp3) is 0.567. The number of methoxy groups -OCH3 is 1. The molecule has 0 spiro atoms. The molecule has 0 saturated carbocycles. The zero-order valence-electron chi connectivity index (χ0n) is 24.5. The third-order valence-corrected chi connectivity index (χ3v) is 8.01. The first-order valence-corrected chi connectivity index (χ1v) is 14.2. The summed E-state index contributed by atoms with van der Waals surface area (Å²) in [4.78, 5) is 19.6. The molecule has 2 atom stereocenters. The van der Waals surface area contributed by atoms with Gasteiger partial charge in [-0.15, -0.1) is 0 Å². The lowest BCUT2D eigenvalue weighted by molar-refractivity contribution is -0.143. The SMILES string of the molecule is CNc1cc(C[C@@H]2CN(CCN3CCO[C@H](COC)C3)CCN2C(=O)c2cc(C(F)(F)F)cc(C(F)(F)F)c2)ccc1C. The molecule has 0 radical (unpaired) electrons. The Morgan fingerprint density at radius 2 is 1.60 bits per heavy atom. The summed E-state index contributed by atoms with van der Waals surface area (Å²) in [6.45, 7) is 7.01. The van der Waals surface area contributed by atoms with Gasteiger partial charge in [0, 0.05) is 77.3 Å². The highest BCUT2D eigenvalue weighted by atomic mass is 19.4. The Balaban J connectivity index is 1.57. The van der Waals surface area contributed by atoms with Gasteiger partial charge in [-0.2, -0.15) is 26.3 Å². The first kappa shape index (κ1) is 33.0. The second-order valence-electron chi connectivity index (χ2n) is 11.1. The Kier molecular flexibility index (Phi) is 10.6.